The number of nitrogens with zero attached hydrogens (tertiary/aromatic N) is 2. The van der Waals surface area contributed by atoms with Gasteiger partial charge < -0.3 is 15.2 Å². The summed E-state index contributed by atoms with van der Waals surface area (Å²) in [6.07, 6.45) is 0. The van der Waals surface area contributed by atoms with Crippen LogP contribution in [0, 0.1) is 0 Å². The van der Waals surface area contributed by atoms with Crippen LogP contribution in [0.5, 0.6) is 5.75 Å². The molecule has 2 rings (SSSR count). The maximum absolute atomic E-state index is 8.70. The molecular formula is C13H14ClN3O2. The third-order valence-electron chi connectivity index (χ3n) is 2.53. The lowest BCUT2D eigenvalue weighted by molar-refractivity contribution is 0.311. The van der Waals surface area contributed by atoms with E-state index in [2.05, 4.69) is 15.5 Å². The number of halogens is 1. The van der Waals surface area contributed by atoms with E-state index in [1.165, 1.54) is 0 Å². The molecule has 1 aromatic heterocycles. The highest BCUT2D eigenvalue weighted by Gasteiger charge is 2.05. The molecule has 2 aromatic rings. The average Bonchev–Trinajstić information content (AvgIpc) is 2.45. The number of methoxy groups -OCH3 is 1. The van der Waals surface area contributed by atoms with Crippen molar-refractivity contribution in [1.82, 2.24) is 10.2 Å². The molecule has 0 aliphatic heterocycles. The van der Waals surface area contributed by atoms with Gasteiger partial charge in [-0.3, -0.25) is 0 Å². The summed E-state index contributed by atoms with van der Waals surface area (Å²) >= 11 is 6.07. The monoisotopic (exact) mass is 279 g/mol. The summed E-state index contributed by atoms with van der Waals surface area (Å²) in [5, 5.41) is 20.3. The van der Waals surface area contributed by atoms with Crippen LogP contribution in [0.3, 0.4) is 0 Å². The summed E-state index contributed by atoms with van der Waals surface area (Å²) in [6.45, 7) is 0.500. The first kappa shape index (κ1) is 13.6. The van der Waals surface area contributed by atoms with Gasteiger partial charge in [0, 0.05) is 12.1 Å². The predicted molar refractivity (Wildman–Crippen MR) is 74.6 cm³/mol. The Labute approximate surface area is 116 Å². The van der Waals surface area contributed by atoms with Gasteiger partial charge in [0.2, 0.25) is 0 Å². The van der Waals surface area contributed by atoms with Crippen LogP contribution in [0.2, 0.25) is 5.02 Å². The summed E-state index contributed by atoms with van der Waals surface area (Å²) in [5.74, 6) is 1.25. The van der Waals surface area contributed by atoms with Crippen LogP contribution in [-0.4, -0.2) is 35.6 Å². The van der Waals surface area contributed by atoms with E-state index >= 15 is 0 Å². The smallest absolute Gasteiger partial charge is 0.148 e. The van der Waals surface area contributed by atoms with Crippen molar-refractivity contribution in [3.8, 4) is 17.0 Å². The van der Waals surface area contributed by atoms with Gasteiger partial charge in [0.25, 0.3) is 0 Å². The number of hydrogen-bond donors (Lipinski definition) is 2. The van der Waals surface area contributed by atoms with E-state index in [4.69, 9.17) is 21.4 Å². The Balaban J connectivity index is 2.19. The summed E-state index contributed by atoms with van der Waals surface area (Å²) in [6, 6.07) is 9.08. The molecule has 6 heteroatoms. The Morgan fingerprint density at radius 1 is 1.26 bits per heavy atom. The Hall–Kier alpha value is -1.85. The number of aliphatic hydroxyl groups is 1. The van der Waals surface area contributed by atoms with Crippen molar-refractivity contribution in [2.75, 3.05) is 25.6 Å². The molecule has 2 N–H and O–H groups in total. The fraction of sp³-hybridized carbons (Fsp3) is 0.231. The molecule has 0 saturated carbocycles. The van der Waals surface area contributed by atoms with E-state index in [9.17, 15) is 0 Å². The highest BCUT2D eigenvalue weighted by Crippen LogP contribution is 2.29. The molecule has 1 aromatic carbocycles. The van der Waals surface area contributed by atoms with Crippen molar-refractivity contribution >= 4 is 17.4 Å². The third kappa shape index (κ3) is 3.33. The van der Waals surface area contributed by atoms with E-state index in [1.807, 2.05) is 12.1 Å². The Kier molecular flexibility index (Phi) is 4.54. The molecule has 100 valence electrons. The largest absolute Gasteiger partial charge is 0.495 e. The molecule has 1 heterocycles. The minimum atomic E-state index is 0.0531. The van der Waals surface area contributed by atoms with Crippen LogP contribution in [-0.2, 0) is 0 Å². The molecule has 0 aliphatic rings. The van der Waals surface area contributed by atoms with Gasteiger partial charge >= 0.3 is 0 Å². The number of ether oxygens (including phenoxy) is 1. The summed E-state index contributed by atoms with van der Waals surface area (Å²) in [5.41, 5.74) is 1.59. The number of benzene rings is 1. The SMILES string of the molecule is COc1ccc(-c2ccc(NCCO)nn2)cc1Cl. The second-order valence-electron chi connectivity index (χ2n) is 3.80. The molecule has 0 unspecified atom stereocenters. The minimum Gasteiger partial charge on any atom is -0.495 e. The van der Waals surface area contributed by atoms with Crippen LogP contribution in [0.4, 0.5) is 5.82 Å². The molecule has 5 nitrogen and oxygen atoms in total. The van der Waals surface area contributed by atoms with Crippen LogP contribution < -0.4 is 10.1 Å². The highest BCUT2D eigenvalue weighted by atomic mass is 35.5. The van der Waals surface area contributed by atoms with Crippen molar-refractivity contribution in [1.29, 1.82) is 0 Å². The molecule has 0 saturated heterocycles. The maximum Gasteiger partial charge on any atom is 0.148 e. The standard InChI is InChI=1S/C13H14ClN3O2/c1-19-12-4-2-9(8-10(12)14)11-3-5-13(17-16-11)15-6-7-18/h2-5,8,18H,6-7H2,1H3,(H,15,17). The van der Waals surface area contributed by atoms with Crippen LogP contribution >= 0.6 is 11.6 Å². The van der Waals surface area contributed by atoms with Crippen LogP contribution in [0.15, 0.2) is 30.3 Å². The van der Waals surface area contributed by atoms with Crippen LogP contribution in [0.1, 0.15) is 0 Å². The Bertz CT molecular complexity index is 546. The number of rotatable bonds is 5. The minimum absolute atomic E-state index is 0.0531. The quantitative estimate of drug-likeness (QED) is 0.878. The summed E-state index contributed by atoms with van der Waals surface area (Å²) in [7, 11) is 1.57. The molecular weight excluding hydrogens is 266 g/mol. The number of aromatic nitrogens is 2. The van der Waals surface area contributed by atoms with Crippen molar-refractivity contribution in [2.45, 2.75) is 0 Å². The van der Waals surface area contributed by atoms with E-state index in [-0.39, 0.29) is 6.61 Å². The lowest BCUT2D eigenvalue weighted by atomic mass is 10.1. The van der Waals surface area contributed by atoms with Crippen molar-refractivity contribution in [3.63, 3.8) is 0 Å². The molecule has 0 atom stereocenters. The zero-order valence-electron chi connectivity index (χ0n) is 10.4. The molecule has 0 amide bonds. The number of anilines is 1. The average molecular weight is 280 g/mol. The summed E-state index contributed by atoms with van der Waals surface area (Å²) in [4.78, 5) is 0. The van der Waals surface area contributed by atoms with Gasteiger partial charge in [0.15, 0.2) is 0 Å². The second-order valence-corrected chi connectivity index (χ2v) is 4.21. The highest BCUT2D eigenvalue weighted by molar-refractivity contribution is 6.32. The first-order valence-corrected chi connectivity index (χ1v) is 6.15. The van der Waals surface area contributed by atoms with Crippen molar-refractivity contribution < 1.29 is 9.84 Å². The molecule has 19 heavy (non-hydrogen) atoms. The van der Waals surface area contributed by atoms with Crippen molar-refractivity contribution in [3.05, 3.63) is 35.4 Å². The van der Waals surface area contributed by atoms with Gasteiger partial charge in [0.05, 0.1) is 24.4 Å². The third-order valence-corrected chi connectivity index (χ3v) is 2.83. The Morgan fingerprint density at radius 3 is 2.68 bits per heavy atom. The molecule has 0 spiro atoms. The molecule has 0 aliphatic carbocycles. The normalized spacial score (nSPS) is 10.3. The van der Waals surface area contributed by atoms with Crippen molar-refractivity contribution in [2.24, 2.45) is 0 Å². The zero-order chi connectivity index (χ0) is 13.7. The van der Waals surface area contributed by atoms with E-state index in [0.717, 1.165) is 11.3 Å². The van der Waals surface area contributed by atoms with E-state index in [0.29, 0.717) is 23.1 Å². The number of hydrogen-bond acceptors (Lipinski definition) is 5. The first-order valence-electron chi connectivity index (χ1n) is 5.77. The first-order chi connectivity index (χ1) is 9.24. The molecule has 0 bridgehead atoms. The number of nitrogens with one attached hydrogen (secondary N) is 1. The number of aliphatic hydroxyl groups excluding tert-OH is 1. The molecule has 0 radical (unpaired) electrons. The van der Waals surface area contributed by atoms with Gasteiger partial charge in [-0.1, -0.05) is 11.6 Å². The van der Waals surface area contributed by atoms with Gasteiger partial charge in [-0.05, 0) is 30.3 Å². The van der Waals surface area contributed by atoms with E-state index in [1.54, 1.807) is 25.3 Å². The van der Waals surface area contributed by atoms with Gasteiger partial charge in [-0.25, -0.2) is 0 Å². The topological polar surface area (TPSA) is 67.3 Å². The van der Waals surface area contributed by atoms with Gasteiger partial charge in [0.1, 0.15) is 11.6 Å². The zero-order valence-corrected chi connectivity index (χ0v) is 11.2. The lowest BCUT2D eigenvalue weighted by Gasteiger charge is -2.06. The van der Waals surface area contributed by atoms with Gasteiger partial charge in [-0.2, -0.15) is 0 Å². The molecule has 0 fully saturated rings. The lowest BCUT2D eigenvalue weighted by Crippen LogP contribution is -2.07. The second kappa shape index (κ2) is 6.36. The summed E-state index contributed by atoms with van der Waals surface area (Å²) < 4.78 is 5.10. The van der Waals surface area contributed by atoms with Gasteiger partial charge in [-0.15, -0.1) is 10.2 Å². The predicted octanol–water partition coefficient (Wildman–Crippen LogP) is 2.21. The fourth-order valence-corrected chi connectivity index (χ4v) is 1.85. The van der Waals surface area contributed by atoms with E-state index < -0.39 is 0 Å². The fourth-order valence-electron chi connectivity index (χ4n) is 1.59. The van der Waals surface area contributed by atoms with Crippen LogP contribution in [0.25, 0.3) is 11.3 Å². The Morgan fingerprint density at radius 2 is 2.11 bits per heavy atom. The maximum atomic E-state index is 8.70.